The van der Waals surface area contributed by atoms with Gasteiger partial charge in [0.1, 0.15) is 52.8 Å². The fourth-order valence-electron chi connectivity index (χ4n) is 3.96. The van der Waals surface area contributed by atoms with Crippen molar-refractivity contribution >= 4 is 21.9 Å². The van der Waals surface area contributed by atoms with Crippen LogP contribution in [-0.2, 0) is 9.57 Å². The number of phenols is 3. The number of nitrogens with one attached hydrogen (secondary N) is 1. The molecule has 5 atom stereocenters. The number of ether oxygens (including phenoxy) is 1. The summed E-state index contributed by atoms with van der Waals surface area (Å²) in [6.07, 6.45) is -6.72. The first-order valence-electron chi connectivity index (χ1n) is 9.20. The molecule has 31 heavy (non-hydrogen) atoms. The third kappa shape index (κ3) is 2.81. The van der Waals surface area contributed by atoms with Crippen molar-refractivity contribution in [2.75, 3.05) is 6.61 Å². The van der Waals surface area contributed by atoms with Crippen LogP contribution in [-0.4, -0.2) is 61.7 Å². The number of hydrogen-bond acceptors (Lipinski definition) is 12. The maximum absolute atomic E-state index is 13.2. The molecule has 3 aromatic rings. The van der Waals surface area contributed by atoms with Gasteiger partial charge in [-0.05, 0) is 11.7 Å². The van der Waals surface area contributed by atoms with Crippen LogP contribution in [0.25, 0.3) is 21.9 Å². The lowest BCUT2D eigenvalue weighted by molar-refractivity contribution is -0.273. The monoisotopic (exact) mass is 435 g/mol. The smallest absolute Gasteiger partial charge is 0.204 e. The van der Waals surface area contributed by atoms with Crippen molar-refractivity contribution < 1.29 is 49.5 Å². The summed E-state index contributed by atoms with van der Waals surface area (Å²) in [6.45, 7) is -0.630. The predicted octanol–water partition coefficient (Wildman–Crippen LogP) is -0.586. The van der Waals surface area contributed by atoms with Gasteiger partial charge in [-0.25, -0.2) is 0 Å². The van der Waals surface area contributed by atoms with Crippen LogP contribution in [0.15, 0.2) is 27.4 Å². The number of aromatic hydroxyl groups is 3. The summed E-state index contributed by atoms with van der Waals surface area (Å²) >= 11 is 0. The third-order valence-corrected chi connectivity index (χ3v) is 5.51. The second-order valence-corrected chi connectivity index (χ2v) is 7.31. The van der Waals surface area contributed by atoms with Crippen LogP contribution in [0.4, 0.5) is 0 Å². The zero-order valence-corrected chi connectivity index (χ0v) is 15.6. The molecule has 2 aromatic carbocycles. The highest BCUT2D eigenvalue weighted by Gasteiger charge is 2.49. The second kappa shape index (κ2) is 6.95. The maximum atomic E-state index is 13.2. The first-order chi connectivity index (χ1) is 14.8. The van der Waals surface area contributed by atoms with Crippen molar-refractivity contribution in [3.8, 4) is 23.0 Å². The van der Waals surface area contributed by atoms with Crippen LogP contribution in [0, 0.1) is 0 Å². The highest BCUT2D eigenvalue weighted by molar-refractivity contribution is 5.96. The number of aliphatic hydroxyl groups excluding tert-OH is 3. The molecule has 1 fully saturated rings. The maximum Gasteiger partial charge on any atom is 0.204 e. The average molecular weight is 435 g/mol. The summed E-state index contributed by atoms with van der Waals surface area (Å²) in [6, 6.07) is 3.21. The van der Waals surface area contributed by atoms with E-state index in [0.717, 1.165) is 18.2 Å². The molecule has 0 amide bonds. The van der Waals surface area contributed by atoms with Gasteiger partial charge in [-0.2, -0.15) is 0 Å². The zero-order valence-electron chi connectivity index (χ0n) is 15.6. The summed E-state index contributed by atoms with van der Waals surface area (Å²) in [4.78, 5) is 23.7. The molecule has 2 aliphatic rings. The standard InChI is InChI=1S/C19H17NO11/c21-4-11-15(26)16(27)19-18(29-11)12-8(24)3-10-13(17(12)30-20-31-19)14(25)5-1-6(22)7(23)2-9(5)28-10/h1-3,11,15-16,18-24,26-27H,4H2. The number of hydrogen-bond donors (Lipinski definition) is 7. The summed E-state index contributed by atoms with van der Waals surface area (Å²) in [5, 5.41) is 59.9. The van der Waals surface area contributed by atoms with E-state index < -0.39 is 59.8 Å². The lowest BCUT2D eigenvalue weighted by atomic mass is 9.89. The van der Waals surface area contributed by atoms with Crippen LogP contribution in [0.1, 0.15) is 11.7 Å². The lowest BCUT2D eigenvalue weighted by Crippen LogP contribution is -2.56. The number of aliphatic hydroxyl groups is 3. The molecule has 5 rings (SSSR count). The van der Waals surface area contributed by atoms with Gasteiger partial charge in [-0.1, -0.05) is 0 Å². The van der Waals surface area contributed by atoms with Gasteiger partial charge in [0.15, 0.2) is 17.2 Å². The van der Waals surface area contributed by atoms with Gasteiger partial charge < -0.3 is 44.6 Å². The molecule has 7 N–H and O–H groups in total. The van der Waals surface area contributed by atoms with Crippen molar-refractivity contribution in [1.82, 2.24) is 5.64 Å². The van der Waals surface area contributed by atoms with Crippen molar-refractivity contribution in [1.29, 1.82) is 0 Å². The highest BCUT2D eigenvalue weighted by Crippen LogP contribution is 2.47. The Morgan fingerprint density at radius 1 is 0.968 bits per heavy atom. The van der Waals surface area contributed by atoms with Crippen molar-refractivity contribution in [2.45, 2.75) is 30.5 Å². The Morgan fingerprint density at radius 2 is 1.68 bits per heavy atom. The Balaban J connectivity index is 1.80. The van der Waals surface area contributed by atoms with Crippen LogP contribution < -0.4 is 15.9 Å². The zero-order chi connectivity index (χ0) is 22.0. The highest BCUT2D eigenvalue weighted by atomic mass is 16.9. The Kier molecular flexibility index (Phi) is 4.44. The van der Waals surface area contributed by atoms with Gasteiger partial charge in [-0.15, -0.1) is 0 Å². The topological polar surface area (TPSA) is 191 Å². The second-order valence-electron chi connectivity index (χ2n) is 7.31. The fraction of sp³-hybridized carbons (Fsp3) is 0.316. The van der Waals surface area contributed by atoms with E-state index in [2.05, 4.69) is 5.64 Å². The van der Waals surface area contributed by atoms with Gasteiger partial charge >= 0.3 is 0 Å². The molecular formula is C19H17NO11. The third-order valence-electron chi connectivity index (χ3n) is 5.51. The van der Waals surface area contributed by atoms with E-state index in [0.29, 0.717) is 0 Å². The Morgan fingerprint density at radius 3 is 2.42 bits per heavy atom. The van der Waals surface area contributed by atoms with Crippen molar-refractivity contribution in [3.63, 3.8) is 0 Å². The Hall–Kier alpha value is -3.13. The molecule has 1 saturated heterocycles. The summed E-state index contributed by atoms with van der Waals surface area (Å²) in [5.74, 6) is -1.70. The van der Waals surface area contributed by atoms with E-state index in [4.69, 9.17) is 18.8 Å². The molecule has 12 nitrogen and oxygen atoms in total. The van der Waals surface area contributed by atoms with Crippen LogP contribution in [0.3, 0.4) is 0 Å². The molecule has 0 spiro atoms. The normalized spacial score (nSPS) is 28.0. The Bertz CT molecular complexity index is 1260. The molecular weight excluding hydrogens is 418 g/mol. The fourth-order valence-corrected chi connectivity index (χ4v) is 3.96. The molecule has 3 heterocycles. The van der Waals surface area contributed by atoms with Gasteiger partial charge in [-0.3, -0.25) is 9.63 Å². The van der Waals surface area contributed by atoms with E-state index in [1.54, 1.807) is 0 Å². The van der Waals surface area contributed by atoms with E-state index in [9.17, 15) is 35.4 Å². The molecule has 0 radical (unpaired) electrons. The number of fused-ring (bicyclic) bond motifs is 6. The molecule has 12 heteroatoms. The minimum atomic E-state index is -1.53. The quantitative estimate of drug-likeness (QED) is 0.190. The van der Waals surface area contributed by atoms with E-state index in [1.165, 1.54) is 0 Å². The summed E-state index contributed by atoms with van der Waals surface area (Å²) in [7, 11) is 0. The van der Waals surface area contributed by atoms with Crippen molar-refractivity contribution in [3.05, 3.63) is 34.0 Å². The first kappa shape index (κ1) is 19.8. The van der Waals surface area contributed by atoms with Crippen molar-refractivity contribution in [2.24, 2.45) is 0 Å². The minimum absolute atomic E-state index is 0.0457. The van der Waals surface area contributed by atoms with Gasteiger partial charge in [0.05, 0.1) is 17.6 Å². The number of benzene rings is 2. The Labute approximate surface area is 172 Å². The lowest BCUT2D eigenvalue weighted by Gasteiger charge is -2.40. The summed E-state index contributed by atoms with van der Waals surface area (Å²) < 4.78 is 11.3. The van der Waals surface area contributed by atoms with Crippen LogP contribution in [0.2, 0.25) is 0 Å². The molecule has 5 unspecified atom stereocenters. The summed E-state index contributed by atoms with van der Waals surface area (Å²) in [5.41, 5.74) is 1.22. The van der Waals surface area contributed by atoms with E-state index in [-0.39, 0.29) is 33.3 Å². The van der Waals surface area contributed by atoms with Gasteiger partial charge in [0.2, 0.25) is 5.43 Å². The molecule has 0 aliphatic carbocycles. The molecule has 2 aliphatic heterocycles. The molecule has 0 saturated carbocycles. The first-order valence-corrected chi connectivity index (χ1v) is 9.20. The minimum Gasteiger partial charge on any atom is -0.507 e. The van der Waals surface area contributed by atoms with Crippen LogP contribution >= 0.6 is 0 Å². The van der Waals surface area contributed by atoms with E-state index in [1.807, 2.05) is 0 Å². The van der Waals surface area contributed by atoms with Gasteiger partial charge in [0, 0.05) is 12.1 Å². The molecule has 0 bridgehead atoms. The van der Waals surface area contributed by atoms with Crippen LogP contribution in [0.5, 0.6) is 23.0 Å². The van der Waals surface area contributed by atoms with Gasteiger partial charge in [0.25, 0.3) is 0 Å². The number of phenolic OH excluding ortho intramolecular Hbond substituents is 3. The average Bonchev–Trinajstić information content (AvgIpc) is 2.92. The molecule has 1 aromatic heterocycles. The molecule has 164 valence electrons. The number of rotatable bonds is 1. The largest absolute Gasteiger partial charge is 0.507 e. The predicted molar refractivity (Wildman–Crippen MR) is 100 cm³/mol. The SMILES string of the molecule is O=c1c2cc(O)c(O)cc2oc2cc(O)c3c(c12)ONOC1C3OC(CO)C(O)C1O. The van der Waals surface area contributed by atoms with E-state index >= 15 is 0 Å².